The van der Waals surface area contributed by atoms with Gasteiger partial charge in [0.1, 0.15) is 12.1 Å². The minimum atomic E-state index is -5.00. The first-order chi connectivity index (χ1) is 12.4. The monoisotopic (exact) mass is 408 g/mol. The zero-order valence-corrected chi connectivity index (χ0v) is 15.4. The number of carbonyl (C=O) groups excluding carboxylic acids is 1. The first-order valence-corrected chi connectivity index (χ1v) is 9.48. The van der Waals surface area contributed by atoms with E-state index in [9.17, 15) is 36.3 Å². The number of carboxylic acid groups (broad SMARTS) is 1. The molecule has 1 heterocycles. The van der Waals surface area contributed by atoms with E-state index in [-0.39, 0.29) is 9.80 Å². The third kappa shape index (κ3) is 4.24. The zero-order chi connectivity index (χ0) is 20.6. The number of rotatable bonds is 4. The van der Waals surface area contributed by atoms with E-state index in [1.807, 2.05) is 0 Å². The third-order valence-corrected chi connectivity index (χ3v) is 6.06. The summed E-state index contributed by atoms with van der Waals surface area (Å²) in [4.78, 5) is 23.9. The van der Waals surface area contributed by atoms with Gasteiger partial charge in [-0.15, -0.1) is 0 Å². The Kier molecular flexibility index (Phi) is 5.85. The molecular formula is C16H19F3N2O5S. The molecule has 2 rings (SSSR count). The molecular weight excluding hydrogens is 389 g/mol. The SMILES string of the molecule is CC(C)C(=O)N1C(C(=O)O)CN(S(=O)(=O)c2ccccc2)CC1C(F)(F)F. The van der Waals surface area contributed by atoms with Gasteiger partial charge in [-0.2, -0.15) is 17.5 Å². The number of carboxylic acids is 1. The molecule has 1 fully saturated rings. The first-order valence-electron chi connectivity index (χ1n) is 8.04. The lowest BCUT2D eigenvalue weighted by atomic mass is 10.0. The van der Waals surface area contributed by atoms with Gasteiger partial charge < -0.3 is 10.0 Å². The van der Waals surface area contributed by atoms with Crippen molar-refractivity contribution in [1.29, 1.82) is 0 Å². The maximum absolute atomic E-state index is 13.6. The molecule has 0 radical (unpaired) electrons. The van der Waals surface area contributed by atoms with E-state index >= 15 is 0 Å². The van der Waals surface area contributed by atoms with Crippen LogP contribution in [0.4, 0.5) is 13.2 Å². The maximum atomic E-state index is 13.6. The van der Waals surface area contributed by atoms with Crippen LogP contribution in [0.25, 0.3) is 0 Å². The lowest BCUT2D eigenvalue weighted by molar-refractivity contribution is -0.208. The average Bonchev–Trinajstić information content (AvgIpc) is 2.59. The molecule has 1 aromatic carbocycles. The number of benzene rings is 1. The van der Waals surface area contributed by atoms with Crippen LogP contribution in [-0.2, 0) is 19.6 Å². The molecule has 7 nitrogen and oxygen atoms in total. The van der Waals surface area contributed by atoms with Crippen molar-refractivity contribution < 1.29 is 36.3 Å². The third-order valence-electron chi connectivity index (χ3n) is 4.22. The molecule has 0 saturated carbocycles. The largest absolute Gasteiger partial charge is 0.480 e. The van der Waals surface area contributed by atoms with Crippen molar-refractivity contribution in [2.45, 2.75) is 37.0 Å². The van der Waals surface area contributed by atoms with Crippen LogP contribution in [0.2, 0.25) is 0 Å². The maximum Gasteiger partial charge on any atom is 0.410 e. The molecule has 1 amide bonds. The fourth-order valence-electron chi connectivity index (χ4n) is 2.85. The topological polar surface area (TPSA) is 95.0 Å². The lowest BCUT2D eigenvalue weighted by Gasteiger charge is -2.45. The van der Waals surface area contributed by atoms with Crippen LogP contribution in [-0.4, -0.2) is 66.0 Å². The van der Waals surface area contributed by atoms with Gasteiger partial charge in [-0.1, -0.05) is 32.0 Å². The van der Waals surface area contributed by atoms with Crippen molar-refractivity contribution in [3.63, 3.8) is 0 Å². The van der Waals surface area contributed by atoms with Gasteiger partial charge >= 0.3 is 12.1 Å². The summed E-state index contributed by atoms with van der Waals surface area (Å²) in [6, 6.07) is 2.26. The quantitative estimate of drug-likeness (QED) is 0.816. The molecule has 11 heteroatoms. The van der Waals surface area contributed by atoms with Crippen LogP contribution in [0, 0.1) is 5.92 Å². The molecule has 1 saturated heterocycles. The van der Waals surface area contributed by atoms with Crippen molar-refractivity contribution in [1.82, 2.24) is 9.21 Å². The van der Waals surface area contributed by atoms with Crippen LogP contribution < -0.4 is 0 Å². The Labute approximate surface area is 154 Å². The number of carbonyl (C=O) groups is 2. The minimum Gasteiger partial charge on any atom is -0.480 e. The van der Waals surface area contributed by atoms with E-state index in [2.05, 4.69) is 0 Å². The van der Waals surface area contributed by atoms with Gasteiger partial charge in [-0.3, -0.25) is 4.79 Å². The van der Waals surface area contributed by atoms with Crippen LogP contribution in [0.1, 0.15) is 13.8 Å². The van der Waals surface area contributed by atoms with Gasteiger partial charge in [-0.25, -0.2) is 13.2 Å². The number of aliphatic carboxylic acids is 1. The number of hydrogen-bond donors (Lipinski definition) is 1. The second-order valence-corrected chi connectivity index (χ2v) is 8.38. The number of sulfonamides is 1. The standard InChI is InChI=1S/C16H19F3N2O5S/c1-10(2)14(22)21-12(15(23)24)8-20(9-13(21)16(17,18)19)27(25,26)11-6-4-3-5-7-11/h3-7,10,12-13H,8-9H2,1-2H3,(H,23,24). The fourth-order valence-corrected chi connectivity index (χ4v) is 4.33. The van der Waals surface area contributed by atoms with Crippen molar-refractivity contribution >= 4 is 21.9 Å². The summed E-state index contributed by atoms with van der Waals surface area (Å²) in [6.07, 6.45) is -5.00. The van der Waals surface area contributed by atoms with Gasteiger partial charge in [0, 0.05) is 19.0 Å². The summed E-state index contributed by atoms with van der Waals surface area (Å²) < 4.78 is 66.7. The predicted molar refractivity (Wildman–Crippen MR) is 88.2 cm³/mol. The molecule has 1 aliphatic heterocycles. The highest BCUT2D eigenvalue weighted by atomic mass is 32.2. The van der Waals surface area contributed by atoms with E-state index < -0.39 is 59.2 Å². The summed E-state index contributed by atoms with van der Waals surface area (Å²) in [5.74, 6) is -3.58. The Morgan fingerprint density at radius 2 is 1.70 bits per heavy atom. The smallest absolute Gasteiger partial charge is 0.410 e. The van der Waals surface area contributed by atoms with Gasteiger partial charge in [0.2, 0.25) is 15.9 Å². The molecule has 0 aliphatic carbocycles. The molecule has 0 bridgehead atoms. The number of hydrogen-bond acceptors (Lipinski definition) is 4. The molecule has 1 N–H and O–H groups in total. The van der Waals surface area contributed by atoms with E-state index in [0.29, 0.717) is 4.31 Å². The van der Waals surface area contributed by atoms with E-state index in [1.165, 1.54) is 44.2 Å². The molecule has 1 aromatic rings. The van der Waals surface area contributed by atoms with Crippen molar-refractivity contribution in [3.8, 4) is 0 Å². The van der Waals surface area contributed by atoms with Crippen LogP contribution in [0.5, 0.6) is 0 Å². The van der Waals surface area contributed by atoms with Crippen LogP contribution in [0.15, 0.2) is 35.2 Å². The highest BCUT2D eigenvalue weighted by molar-refractivity contribution is 7.89. The Bertz CT molecular complexity index is 811. The molecule has 0 aromatic heterocycles. The minimum absolute atomic E-state index is 0.251. The summed E-state index contributed by atoms with van der Waals surface area (Å²) in [6.45, 7) is 0.865. The van der Waals surface area contributed by atoms with Gasteiger partial charge in [0.15, 0.2) is 0 Å². The number of nitrogens with zero attached hydrogens (tertiary/aromatic N) is 2. The van der Waals surface area contributed by atoms with E-state index in [4.69, 9.17) is 0 Å². The van der Waals surface area contributed by atoms with E-state index in [0.717, 1.165) is 0 Å². The van der Waals surface area contributed by atoms with Gasteiger partial charge in [-0.05, 0) is 12.1 Å². The second kappa shape index (κ2) is 7.47. The zero-order valence-electron chi connectivity index (χ0n) is 14.5. The second-order valence-electron chi connectivity index (χ2n) is 6.45. The Morgan fingerprint density at radius 1 is 1.15 bits per heavy atom. The number of alkyl halides is 3. The molecule has 2 unspecified atom stereocenters. The summed E-state index contributed by atoms with van der Waals surface area (Å²) in [5, 5.41) is 9.39. The number of halogens is 3. The van der Waals surface area contributed by atoms with Crippen molar-refractivity contribution in [2.75, 3.05) is 13.1 Å². The highest BCUT2D eigenvalue weighted by Crippen LogP contribution is 2.33. The normalized spacial score (nSPS) is 22.1. The average molecular weight is 408 g/mol. The summed E-state index contributed by atoms with van der Waals surface area (Å²) in [5.41, 5.74) is 0. The van der Waals surface area contributed by atoms with Crippen LogP contribution >= 0.6 is 0 Å². The predicted octanol–water partition coefficient (Wildman–Crippen LogP) is 1.56. The van der Waals surface area contributed by atoms with Crippen molar-refractivity contribution in [3.05, 3.63) is 30.3 Å². The van der Waals surface area contributed by atoms with Crippen molar-refractivity contribution in [2.24, 2.45) is 5.92 Å². The summed E-state index contributed by atoms with van der Waals surface area (Å²) >= 11 is 0. The molecule has 0 spiro atoms. The van der Waals surface area contributed by atoms with Gasteiger partial charge in [0.05, 0.1) is 4.90 Å². The molecule has 27 heavy (non-hydrogen) atoms. The highest BCUT2D eigenvalue weighted by Gasteiger charge is 2.55. The number of piperazine rings is 1. The Morgan fingerprint density at radius 3 is 2.15 bits per heavy atom. The molecule has 1 aliphatic rings. The Balaban J connectivity index is 2.52. The van der Waals surface area contributed by atoms with E-state index in [1.54, 1.807) is 0 Å². The molecule has 150 valence electrons. The van der Waals surface area contributed by atoms with Gasteiger partial charge in [0.25, 0.3) is 0 Å². The fraction of sp³-hybridized carbons (Fsp3) is 0.500. The van der Waals surface area contributed by atoms with Crippen LogP contribution in [0.3, 0.4) is 0 Å². The summed E-state index contributed by atoms with van der Waals surface area (Å²) in [7, 11) is -4.36. The number of amides is 1. The lowest BCUT2D eigenvalue weighted by Crippen LogP contribution is -2.68. The Hall–Kier alpha value is -2.14. The molecule has 2 atom stereocenters. The first kappa shape index (κ1) is 21.2.